The molecule has 120 valence electrons. The summed E-state index contributed by atoms with van der Waals surface area (Å²) in [6.45, 7) is 8.20. The van der Waals surface area contributed by atoms with Gasteiger partial charge in [-0.05, 0) is 55.4 Å². The van der Waals surface area contributed by atoms with Gasteiger partial charge in [0.2, 0.25) is 0 Å². The number of thiocarbonyl (C=S) groups is 1. The van der Waals surface area contributed by atoms with Gasteiger partial charge in [-0.1, -0.05) is 12.1 Å². The summed E-state index contributed by atoms with van der Waals surface area (Å²) in [5.74, 6) is 0. The summed E-state index contributed by atoms with van der Waals surface area (Å²) >= 11 is 5.53. The summed E-state index contributed by atoms with van der Waals surface area (Å²) in [6, 6.07) is 10.4. The van der Waals surface area contributed by atoms with E-state index in [-0.39, 0.29) is 0 Å². The van der Waals surface area contributed by atoms with Crippen molar-refractivity contribution in [1.29, 1.82) is 0 Å². The molecule has 4 nitrogen and oxygen atoms in total. The van der Waals surface area contributed by atoms with Crippen molar-refractivity contribution in [2.24, 2.45) is 0 Å². The first-order valence-corrected chi connectivity index (χ1v) is 8.33. The summed E-state index contributed by atoms with van der Waals surface area (Å²) < 4.78 is 0. The van der Waals surface area contributed by atoms with Crippen molar-refractivity contribution in [2.45, 2.75) is 13.8 Å². The topological polar surface area (TPSA) is 31.4 Å². The van der Waals surface area contributed by atoms with E-state index in [1.54, 1.807) is 12.4 Å². The molecule has 2 heterocycles. The van der Waals surface area contributed by atoms with E-state index in [0.717, 1.165) is 37.0 Å². The van der Waals surface area contributed by atoms with Crippen LogP contribution in [-0.2, 0) is 0 Å². The van der Waals surface area contributed by atoms with Crippen LogP contribution in [0.15, 0.2) is 42.7 Å². The molecule has 3 rings (SSSR count). The Morgan fingerprint density at radius 1 is 1.09 bits per heavy atom. The highest BCUT2D eigenvalue weighted by atomic mass is 32.1. The predicted octanol–water partition coefficient (Wildman–Crippen LogP) is 3.22. The Balaban J connectivity index is 1.60. The van der Waals surface area contributed by atoms with Gasteiger partial charge in [0, 0.05) is 38.1 Å². The second-order valence-electron chi connectivity index (χ2n) is 5.86. The lowest BCUT2D eigenvalue weighted by molar-refractivity contribution is 0.390. The quantitative estimate of drug-likeness (QED) is 0.857. The molecular weight excluding hydrogens is 304 g/mol. The Morgan fingerprint density at radius 2 is 1.87 bits per heavy atom. The molecule has 0 amide bonds. The number of nitrogens with zero attached hydrogens (tertiary/aromatic N) is 3. The fraction of sp³-hybridized carbons (Fsp3) is 0.333. The van der Waals surface area contributed by atoms with Crippen molar-refractivity contribution in [3.63, 3.8) is 0 Å². The Hall–Kier alpha value is -2.14. The van der Waals surface area contributed by atoms with E-state index in [2.05, 4.69) is 52.1 Å². The first-order valence-electron chi connectivity index (χ1n) is 7.92. The van der Waals surface area contributed by atoms with Crippen LogP contribution >= 0.6 is 12.2 Å². The molecule has 1 aliphatic heterocycles. The highest BCUT2D eigenvalue weighted by molar-refractivity contribution is 7.80. The van der Waals surface area contributed by atoms with Crippen LogP contribution in [-0.4, -0.2) is 41.2 Å². The number of anilines is 2. The third kappa shape index (κ3) is 3.62. The average Bonchev–Trinajstić information content (AvgIpc) is 2.58. The van der Waals surface area contributed by atoms with E-state index in [1.807, 2.05) is 12.1 Å². The van der Waals surface area contributed by atoms with Crippen molar-refractivity contribution in [1.82, 2.24) is 9.88 Å². The molecule has 0 unspecified atom stereocenters. The summed E-state index contributed by atoms with van der Waals surface area (Å²) in [7, 11) is 0. The molecule has 0 radical (unpaired) electrons. The zero-order chi connectivity index (χ0) is 16.2. The first kappa shape index (κ1) is 15.7. The molecule has 5 heteroatoms. The van der Waals surface area contributed by atoms with E-state index in [9.17, 15) is 0 Å². The Labute approximate surface area is 143 Å². The van der Waals surface area contributed by atoms with Crippen LogP contribution in [0.1, 0.15) is 11.1 Å². The number of rotatable bonds is 2. The number of pyridine rings is 1. The maximum absolute atomic E-state index is 5.53. The van der Waals surface area contributed by atoms with Crippen molar-refractivity contribution >= 4 is 28.7 Å². The van der Waals surface area contributed by atoms with Gasteiger partial charge in [0.05, 0.1) is 11.9 Å². The summed E-state index contributed by atoms with van der Waals surface area (Å²) in [5.41, 5.74) is 5.00. The molecule has 1 aromatic heterocycles. The molecule has 1 aromatic carbocycles. The largest absolute Gasteiger partial charge is 0.368 e. The minimum Gasteiger partial charge on any atom is -0.368 e. The van der Waals surface area contributed by atoms with Gasteiger partial charge in [-0.15, -0.1) is 0 Å². The first-order chi connectivity index (χ1) is 11.1. The van der Waals surface area contributed by atoms with E-state index in [4.69, 9.17) is 12.2 Å². The zero-order valence-corrected chi connectivity index (χ0v) is 14.4. The van der Waals surface area contributed by atoms with Crippen LogP contribution in [0.25, 0.3) is 0 Å². The second-order valence-corrected chi connectivity index (χ2v) is 6.25. The third-order valence-corrected chi connectivity index (χ3v) is 4.76. The number of hydrogen-bond donors (Lipinski definition) is 1. The fourth-order valence-electron chi connectivity index (χ4n) is 2.87. The Kier molecular flexibility index (Phi) is 4.76. The summed E-state index contributed by atoms with van der Waals surface area (Å²) in [4.78, 5) is 8.78. The van der Waals surface area contributed by atoms with Gasteiger partial charge in [-0.3, -0.25) is 4.98 Å². The van der Waals surface area contributed by atoms with Crippen LogP contribution in [0, 0.1) is 13.8 Å². The third-order valence-electron chi connectivity index (χ3n) is 4.40. The van der Waals surface area contributed by atoms with E-state index in [1.165, 1.54) is 16.8 Å². The van der Waals surface area contributed by atoms with Gasteiger partial charge in [-0.25, -0.2) is 0 Å². The number of benzene rings is 1. The molecule has 1 N–H and O–H groups in total. The highest BCUT2D eigenvalue weighted by Crippen LogP contribution is 2.24. The van der Waals surface area contributed by atoms with Crippen LogP contribution in [0.3, 0.4) is 0 Å². The molecule has 23 heavy (non-hydrogen) atoms. The summed E-state index contributed by atoms with van der Waals surface area (Å²) in [5, 5.41) is 4.04. The van der Waals surface area contributed by atoms with Crippen molar-refractivity contribution in [2.75, 3.05) is 36.4 Å². The molecule has 1 fully saturated rings. The normalized spacial score (nSPS) is 14.7. The monoisotopic (exact) mass is 326 g/mol. The molecule has 0 bridgehead atoms. The fourth-order valence-corrected chi connectivity index (χ4v) is 3.17. The van der Waals surface area contributed by atoms with Gasteiger partial charge in [0.25, 0.3) is 0 Å². The van der Waals surface area contributed by atoms with Gasteiger partial charge in [-0.2, -0.15) is 0 Å². The lowest BCUT2D eigenvalue weighted by Crippen LogP contribution is -2.50. The molecule has 0 atom stereocenters. The standard InChI is InChI=1S/C18H22N4S/c1-14-5-3-7-17(15(14)2)21-9-11-22(12-10-21)18(23)20-16-6-4-8-19-13-16/h3-8,13H,9-12H2,1-2H3,(H,20,23). The van der Waals surface area contributed by atoms with Gasteiger partial charge < -0.3 is 15.1 Å². The van der Waals surface area contributed by atoms with Gasteiger partial charge in [0.15, 0.2) is 5.11 Å². The van der Waals surface area contributed by atoms with Crippen LogP contribution in [0.5, 0.6) is 0 Å². The number of nitrogens with one attached hydrogen (secondary N) is 1. The van der Waals surface area contributed by atoms with Crippen molar-refractivity contribution in [3.8, 4) is 0 Å². The van der Waals surface area contributed by atoms with E-state index in [0.29, 0.717) is 0 Å². The maximum Gasteiger partial charge on any atom is 0.173 e. The zero-order valence-electron chi connectivity index (χ0n) is 13.6. The Bertz CT molecular complexity index is 679. The molecule has 1 saturated heterocycles. The van der Waals surface area contributed by atoms with Gasteiger partial charge in [0.1, 0.15) is 0 Å². The van der Waals surface area contributed by atoms with Crippen LogP contribution in [0.2, 0.25) is 0 Å². The van der Waals surface area contributed by atoms with Gasteiger partial charge >= 0.3 is 0 Å². The summed E-state index contributed by atoms with van der Waals surface area (Å²) in [6.07, 6.45) is 3.55. The minimum absolute atomic E-state index is 0.776. The number of piperazine rings is 1. The number of aryl methyl sites for hydroxylation is 1. The molecule has 1 aliphatic rings. The predicted molar refractivity (Wildman–Crippen MR) is 100 cm³/mol. The lowest BCUT2D eigenvalue weighted by atomic mass is 10.1. The number of hydrogen-bond acceptors (Lipinski definition) is 3. The van der Waals surface area contributed by atoms with Crippen molar-refractivity contribution < 1.29 is 0 Å². The van der Waals surface area contributed by atoms with E-state index < -0.39 is 0 Å². The molecule has 0 saturated carbocycles. The van der Waals surface area contributed by atoms with Crippen LogP contribution < -0.4 is 10.2 Å². The molecular formula is C18H22N4S. The van der Waals surface area contributed by atoms with Crippen molar-refractivity contribution in [3.05, 3.63) is 53.9 Å². The second kappa shape index (κ2) is 6.96. The Morgan fingerprint density at radius 3 is 2.57 bits per heavy atom. The lowest BCUT2D eigenvalue weighted by Gasteiger charge is -2.38. The highest BCUT2D eigenvalue weighted by Gasteiger charge is 2.20. The average molecular weight is 326 g/mol. The molecule has 0 aliphatic carbocycles. The molecule has 0 spiro atoms. The molecule has 2 aromatic rings. The minimum atomic E-state index is 0.776. The SMILES string of the molecule is Cc1cccc(N2CCN(C(=S)Nc3cccnc3)CC2)c1C. The number of aromatic nitrogens is 1. The van der Waals surface area contributed by atoms with E-state index >= 15 is 0 Å². The van der Waals surface area contributed by atoms with Crippen LogP contribution in [0.4, 0.5) is 11.4 Å². The smallest absolute Gasteiger partial charge is 0.173 e. The maximum atomic E-state index is 5.53.